The first-order valence-corrected chi connectivity index (χ1v) is 19.4. The molecule has 0 unspecified atom stereocenters. The third-order valence-corrected chi connectivity index (χ3v) is 10.5. The molecule has 3 N–H and O–H groups in total. The summed E-state index contributed by atoms with van der Waals surface area (Å²) in [6.45, 7) is 12.5. The minimum Gasteiger partial charge on any atom is -0.356 e. The maximum atomic E-state index is 12.6. The van der Waals surface area contributed by atoms with Crippen LogP contribution in [0.2, 0.25) is 0 Å². The minimum atomic E-state index is -0.158. The normalized spacial score (nSPS) is 16.6. The Balaban J connectivity index is 1.03. The number of anilines is 1. The number of carbonyl (C=O) groups excluding carboxylic acids is 2. The number of hydrogen-bond acceptors (Lipinski definition) is 6. The lowest BCUT2D eigenvalue weighted by Gasteiger charge is -2.27. The molecule has 0 bridgehead atoms. The summed E-state index contributed by atoms with van der Waals surface area (Å²) >= 11 is 0. The lowest BCUT2D eigenvalue weighted by molar-refractivity contribution is -0.401. The van der Waals surface area contributed by atoms with Crippen molar-refractivity contribution in [3.63, 3.8) is 0 Å². The molecular weight excluding hydrogens is 673 g/mol. The Morgan fingerprint density at radius 3 is 2.41 bits per heavy atom. The van der Waals surface area contributed by atoms with Gasteiger partial charge in [0.15, 0.2) is 5.71 Å². The molecule has 0 spiro atoms. The van der Waals surface area contributed by atoms with E-state index in [9.17, 15) is 9.59 Å². The van der Waals surface area contributed by atoms with Crippen molar-refractivity contribution in [2.24, 2.45) is 0 Å². The van der Waals surface area contributed by atoms with E-state index < -0.39 is 0 Å². The van der Waals surface area contributed by atoms with Gasteiger partial charge in [-0.25, -0.2) is 0 Å². The second kappa shape index (κ2) is 18.8. The molecule has 10 heteroatoms. The molecule has 3 heterocycles. The van der Waals surface area contributed by atoms with Crippen molar-refractivity contribution in [1.82, 2.24) is 30.9 Å². The summed E-state index contributed by atoms with van der Waals surface area (Å²) in [5, 5.41) is 17.1. The fourth-order valence-electron chi connectivity index (χ4n) is 7.54. The number of nitrogens with zero attached hydrogens (tertiary/aromatic N) is 5. The van der Waals surface area contributed by atoms with E-state index in [1.807, 2.05) is 13.2 Å². The molecule has 3 aromatic rings. The summed E-state index contributed by atoms with van der Waals surface area (Å²) in [6.07, 6.45) is 21.2. The average Bonchev–Trinajstić information content (AvgIpc) is 3.76. The summed E-state index contributed by atoms with van der Waals surface area (Å²) in [5.74, 6) is -0.0484. The van der Waals surface area contributed by atoms with Crippen LogP contribution < -0.4 is 20.9 Å². The standard InChI is InChI=1S/C44H58N8O2/c1-43(2)35-20-12-14-22-37(35)50(6)39(43)24-9-7-10-25-40-44(3,4)36-21-13-15-23-38(36)52(40)31-17-8-11-26-41(53)46-29-16-18-30-51-33-34(48-49-51)32-47-42(54)27-19-28-45-5/h7,9-10,12-15,19-25,27,33,45H,8,11,16-18,26,28-32H2,1-6H3,(H-,46,47,53,54)/p+1/b27-19+. The smallest absolute Gasteiger partial charge is 0.244 e. The van der Waals surface area contributed by atoms with E-state index in [1.54, 1.807) is 10.8 Å². The molecule has 0 fully saturated rings. The van der Waals surface area contributed by atoms with Gasteiger partial charge in [0.2, 0.25) is 17.5 Å². The van der Waals surface area contributed by atoms with E-state index in [0.717, 1.165) is 38.6 Å². The molecular formula is C44H59N8O2+. The van der Waals surface area contributed by atoms with Crippen molar-refractivity contribution in [2.45, 2.75) is 90.1 Å². The maximum absolute atomic E-state index is 12.6. The average molecular weight is 732 g/mol. The predicted molar refractivity (Wildman–Crippen MR) is 219 cm³/mol. The number of rotatable bonds is 19. The van der Waals surface area contributed by atoms with Crippen molar-refractivity contribution in [1.29, 1.82) is 0 Å². The largest absolute Gasteiger partial charge is 0.356 e. The first kappa shape index (κ1) is 40.1. The quantitative estimate of drug-likeness (QED) is 0.0554. The Hall–Kier alpha value is -5.09. The number of aromatic nitrogens is 3. The van der Waals surface area contributed by atoms with Gasteiger partial charge in [0.25, 0.3) is 0 Å². The van der Waals surface area contributed by atoms with Crippen LogP contribution in [0, 0.1) is 0 Å². The number of likely N-dealkylation sites (N-methyl/N-ethyl adjacent to an activating group) is 1. The molecule has 0 atom stereocenters. The van der Waals surface area contributed by atoms with E-state index in [1.165, 1.54) is 40.0 Å². The van der Waals surface area contributed by atoms with Crippen molar-refractivity contribution in [3.8, 4) is 0 Å². The van der Waals surface area contributed by atoms with E-state index in [4.69, 9.17) is 0 Å². The molecule has 286 valence electrons. The maximum Gasteiger partial charge on any atom is 0.244 e. The van der Waals surface area contributed by atoms with Gasteiger partial charge in [0.1, 0.15) is 12.7 Å². The highest BCUT2D eigenvalue weighted by molar-refractivity contribution is 6.03. The van der Waals surface area contributed by atoms with Gasteiger partial charge < -0.3 is 20.9 Å². The summed E-state index contributed by atoms with van der Waals surface area (Å²) in [5.41, 5.74) is 8.42. The Morgan fingerprint density at radius 2 is 1.61 bits per heavy atom. The lowest BCUT2D eigenvalue weighted by Crippen LogP contribution is -2.27. The number of para-hydroxylation sites is 2. The van der Waals surface area contributed by atoms with Crippen LogP contribution in [-0.2, 0) is 33.5 Å². The topological polar surface area (TPSA) is 107 Å². The molecule has 54 heavy (non-hydrogen) atoms. The fraction of sp³-hybridized carbons (Fsp3) is 0.432. The van der Waals surface area contributed by atoms with Gasteiger partial charge >= 0.3 is 0 Å². The van der Waals surface area contributed by atoms with Crippen LogP contribution in [0.25, 0.3) is 0 Å². The number of carbonyl (C=O) groups is 2. The van der Waals surface area contributed by atoms with Crippen molar-refractivity contribution < 1.29 is 14.2 Å². The Kier molecular flexibility index (Phi) is 14.0. The molecule has 1 aromatic heterocycles. The molecule has 0 radical (unpaired) electrons. The molecule has 10 nitrogen and oxygen atoms in total. The van der Waals surface area contributed by atoms with Gasteiger partial charge in [-0.2, -0.15) is 4.58 Å². The van der Waals surface area contributed by atoms with Crippen LogP contribution >= 0.6 is 0 Å². The van der Waals surface area contributed by atoms with E-state index in [2.05, 4.69) is 149 Å². The molecule has 0 aliphatic carbocycles. The summed E-state index contributed by atoms with van der Waals surface area (Å²) in [4.78, 5) is 26.9. The Labute approximate surface area is 321 Å². The van der Waals surface area contributed by atoms with Gasteiger partial charge in [-0.3, -0.25) is 14.3 Å². The van der Waals surface area contributed by atoms with Gasteiger partial charge in [-0.05, 0) is 64.3 Å². The summed E-state index contributed by atoms with van der Waals surface area (Å²) < 4.78 is 4.08. The summed E-state index contributed by atoms with van der Waals surface area (Å²) in [7, 11) is 3.98. The number of nitrogens with one attached hydrogen (secondary N) is 3. The lowest BCUT2D eigenvalue weighted by atomic mass is 9.81. The number of allylic oxidation sites excluding steroid dienone is 6. The van der Waals surface area contributed by atoms with E-state index in [-0.39, 0.29) is 22.6 Å². The number of amides is 2. The molecule has 2 aromatic carbocycles. The van der Waals surface area contributed by atoms with Crippen molar-refractivity contribution in [3.05, 3.63) is 120 Å². The zero-order valence-electron chi connectivity index (χ0n) is 33.1. The second-order valence-corrected chi connectivity index (χ2v) is 15.2. The van der Waals surface area contributed by atoms with Crippen LogP contribution in [-0.4, -0.2) is 70.8 Å². The highest BCUT2D eigenvalue weighted by Gasteiger charge is 2.42. The van der Waals surface area contributed by atoms with Gasteiger partial charge in [-0.15, -0.1) is 5.10 Å². The Bertz CT molecular complexity index is 1910. The predicted octanol–water partition coefficient (Wildman–Crippen LogP) is 6.63. The molecule has 0 saturated carbocycles. The molecule has 2 aliphatic heterocycles. The molecule has 2 amide bonds. The second-order valence-electron chi connectivity index (χ2n) is 15.2. The van der Waals surface area contributed by atoms with Gasteiger partial charge in [-0.1, -0.05) is 86.2 Å². The SMILES string of the molecule is CNC/C=C/C(=O)NCc1cn(CCCCNC(=O)CCCCCN2\C(=C/C=C/C=C/C3=[N+](C)c4ccccc4C3(C)C)C(C)(C)c3ccccc32)nn1. The van der Waals surface area contributed by atoms with Gasteiger partial charge in [0.05, 0.1) is 18.2 Å². The van der Waals surface area contributed by atoms with E-state index in [0.29, 0.717) is 38.3 Å². The van der Waals surface area contributed by atoms with E-state index >= 15 is 0 Å². The monoisotopic (exact) mass is 731 g/mol. The minimum absolute atomic E-state index is 0.0427. The van der Waals surface area contributed by atoms with Gasteiger partial charge in [0, 0.05) is 73.2 Å². The van der Waals surface area contributed by atoms with Crippen LogP contribution in [0.5, 0.6) is 0 Å². The number of unbranched alkanes of at least 4 members (excludes halogenated alkanes) is 3. The zero-order valence-corrected chi connectivity index (χ0v) is 33.1. The highest BCUT2D eigenvalue weighted by atomic mass is 16.2. The molecule has 0 saturated heterocycles. The first-order valence-electron chi connectivity index (χ1n) is 19.4. The Morgan fingerprint density at radius 1 is 0.852 bits per heavy atom. The summed E-state index contributed by atoms with van der Waals surface area (Å²) in [6, 6.07) is 17.4. The van der Waals surface area contributed by atoms with Crippen molar-refractivity contribution in [2.75, 3.05) is 38.6 Å². The highest BCUT2D eigenvalue weighted by Crippen LogP contribution is 2.47. The van der Waals surface area contributed by atoms with Crippen molar-refractivity contribution >= 4 is 28.9 Å². The van der Waals surface area contributed by atoms with Crippen LogP contribution in [0.15, 0.2) is 103 Å². The molecule has 2 aliphatic rings. The number of benzene rings is 2. The van der Waals surface area contributed by atoms with Crippen LogP contribution in [0.4, 0.5) is 11.4 Å². The van der Waals surface area contributed by atoms with Crippen LogP contribution in [0.1, 0.15) is 83.0 Å². The third-order valence-electron chi connectivity index (χ3n) is 10.5. The first-order chi connectivity index (χ1) is 26.0. The number of aryl methyl sites for hydroxylation is 1. The third kappa shape index (κ3) is 9.91. The number of hydrogen-bond donors (Lipinski definition) is 3. The number of fused-ring (bicyclic) bond motifs is 2. The molecule has 5 rings (SSSR count). The fourth-order valence-corrected chi connectivity index (χ4v) is 7.54. The van der Waals surface area contributed by atoms with Crippen LogP contribution in [0.3, 0.4) is 0 Å². The zero-order chi connectivity index (χ0) is 38.6.